The van der Waals surface area contributed by atoms with E-state index in [2.05, 4.69) is 5.16 Å². The van der Waals surface area contributed by atoms with E-state index in [1.807, 2.05) is 13.0 Å². The minimum absolute atomic E-state index is 0.104. The Morgan fingerprint density at radius 1 is 1.25 bits per heavy atom. The van der Waals surface area contributed by atoms with Gasteiger partial charge < -0.3 is 14.3 Å². The first kappa shape index (κ1) is 16.0. The highest BCUT2D eigenvalue weighted by molar-refractivity contribution is 6.04. The Hall–Kier alpha value is -2.89. The van der Waals surface area contributed by atoms with E-state index in [-0.39, 0.29) is 11.7 Å². The zero-order valence-electron chi connectivity index (χ0n) is 13.3. The van der Waals surface area contributed by atoms with Gasteiger partial charge in [-0.1, -0.05) is 5.16 Å². The highest BCUT2D eigenvalue weighted by Crippen LogP contribution is 2.31. The van der Waals surface area contributed by atoms with Crippen molar-refractivity contribution in [2.75, 3.05) is 7.11 Å². The van der Waals surface area contributed by atoms with Crippen LogP contribution >= 0.6 is 0 Å². The second kappa shape index (κ2) is 6.70. The molecule has 1 heterocycles. The molecule has 24 heavy (non-hydrogen) atoms. The van der Waals surface area contributed by atoms with E-state index >= 15 is 0 Å². The number of hydrogen-bond acceptors (Lipinski definition) is 5. The number of methoxy groups -OCH3 is 1. The van der Waals surface area contributed by atoms with Crippen molar-refractivity contribution in [3.63, 3.8) is 0 Å². The van der Waals surface area contributed by atoms with Crippen molar-refractivity contribution in [2.45, 2.75) is 19.4 Å². The number of ether oxygens (including phenoxy) is 2. The van der Waals surface area contributed by atoms with Crippen molar-refractivity contribution in [1.82, 2.24) is 0 Å². The highest BCUT2D eigenvalue weighted by Gasteiger charge is 2.23. The molecule has 0 aromatic heterocycles. The molecular weight excluding hydrogens is 313 g/mol. The van der Waals surface area contributed by atoms with Crippen LogP contribution in [0.5, 0.6) is 11.5 Å². The minimum atomic E-state index is -0.642. The Morgan fingerprint density at radius 2 is 2.00 bits per heavy atom. The summed E-state index contributed by atoms with van der Waals surface area (Å²) in [5.41, 5.74) is 1.60. The third-order valence-electron chi connectivity index (χ3n) is 3.63. The summed E-state index contributed by atoms with van der Waals surface area (Å²) in [7, 11) is 1.58. The van der Waals surface area contributed by atoms with E-state index in [9.17, 15) is 9.18 Å². The second-order valence-electron chi connectivity index (χ2n) is 5.42. The van der Waals surface area contributed by atoms with Crippen LogP contribution < -0.4 is 9.47 Å². The van der Waals surface area contributed by atoms with E-state index < -0.39 is 11.8 Å². The molecule has 0 spiro atoms. The van der Waals surface area contributed by atoms with Crippen molar-refractivity contribution >= 4 is 11.7 Å². The van der Waals surface area contributed by atoms with Crippen molar-refractivity contribution in [1.29, 1.82) is 0 Å². The molecule has 0 amide bonds. The first-order valence-corrected chi connectivity index (χ1v) is 7.45. The third-order valence-corrected chi connectivity index (χ3v) is 3.63. The van der Waals surface area contributed by atoms with Crippen LogP contribution in [-0.4, -0.2) is 24.9 Å². The molecule has 0 radical (unpaired) electrons. The maximum absolute atomic E-state index is 12.9. The molecule has 1 atom stereocenters. The highest BCUT2D eigenvalue weighted by atomic mass is 19.1. The van der Waals surface area contributed by atoms with Gasteiger partial charge in [0.05, 0.1) is 18.4 Å². The van der Waals surface area contributed by atoms with E-state index in [0.29, 0.717) is 23.6 Å². The molecule has 0 bridgehead atoms. The van der Waals surface area contributed by atoms with Gasteiger partial charge in [-0.15, -0.1) is 0 Å². The van der Waals surface area contributed by atoms with Crippen LogP contribution in [0.3, 0.4) is 0 Å². The normalized spacial score (nSPS) is 17.8. The van der Waals surface area contributed by atoms with E-state index in [1.54, 1.807) is 19.2 Å². The predicted molar refractivity (Wildman–Crippen MR) is 86.1 cm³/mol. The monoisotopic (exact) mass is 329 g/mol. The zero-order valence-corrected chi connectivity index (χ0v) is 13.3. The number of fused-ring (bicyclic) bond motifs is 1. The number of nitrogens with zero attached hydrogens (tertiary/aromatic N) is 1. The minimum Gasteiger partial charge on any atom is -0.497 e. The largest absolute Gasteiger partial charge is 0.497 e. The lowest BCUT2D eigenvalue weighted by atomic mass is 10.0. The molecule has 0 saturated heterocycles. The number of halogens is 1. The van der Waals surface area contributed by atoms with Gasteiger partial charge >= 0.3 is 5.97 Å². The summed E-state index contributed by atoms with van der Waals surface area (Å²) >= 11 is 0. The Bertz CT molecular complexity index is 786. The molecule has 0 N–H and O–H groups in total. The van der Waals surface area contributed by atoms with Crippen molar-refractivity contribution < 1.29 is 23.5 Å². The van der Waals surface area contributed by atoms with Gasteiger partial charge in [-0.3, -0.25) is 0 Å². The molecule has 124 valence electrons. The summed E-state index contributed by atoms with van der Waals surface area (Å²) in [5.74, 6) is 0.242. The SMILES string of the molecule is COc1ccc2c(c1)O[C@H](C)C/C2=N/OC(=O)c1ccc(F)cc1. The third kappa shape index (κ3) is 3.37. The topological polar surface area (TPSA) is 57.1 Å². The standard InChI is InChI=1S/C18H16FNO4/c1-11-9-16(15-8-7-14(22-2)10-17(15)23-11)20-24-18(21)12-3-5-13(19)6-4-12/h3-8,10-11H,9H2,1-2H3/b20-16-/t11-/m1/s1. The number of hydrogen-bond donors (Lipinski definition) is 0. The first-order valence-electron chi connectivity index (χ1n) is 7.45. The molecule has 0 aliphatic carbocycles. The van der Waals surface area contributed by atoms with Gasteiger partial charge in [0.1, 0.15) is 23.4 Å². The fourth-order valence-electron chi connectivity index (χ4n) is 2.43. The quantitative estimate of drug-likeness (QED) is 0.638. The summed E-state index contributed by atoms with van der Waals surface area (Å²) in [6.07, 6.45) is 0.406. The molecule has 0 fully saturated rings. The Morgan fingerprint density at radius 3 is 2.71 bits per heavy atom. The molecule has 1 aliphatic rings. The molecule has 2 aromatic carbocycles. The lowest BCUT2D eigenvalue weighted by molar-refractivity contribution is 0.0513. The lowest BCUT2D eigenvalue weighted by Crippen LogP contribution is -2.25. The van der Waals surface area contributed by atoms with Crippen LogP contribution in [0, 0.1) is 5.82 Å². The van der Waals surface area contributed by atoms with Crippen molar-refractivity contribution in [3.8, 4) is 11.5 Å². The number of benzene rings is 2. The molecule has 0 saturated carbocycles. The van der Waals surface area contributed by atoms with Crippen molar-refractivity contribution in [2.24, 2.45) is 5.16 Å². The van der Waals surface area contributed by atoms with Crippen LogP contribution in [0.25, 0.3) is 0 Å². The molecular formula is C18H16FNO4. The maximum Gasteiger partial charge on any atom is 0.365 e. The zero-order chi connectivity index (χ0) is 17.1. The Balaban J connectivity index is 1.83. The summed E-state index contributed by atoms with van der Waals surface area (Å²) in [5, 5.41) is 3.98. The fraction of sp³-hybridized carbons (Fsp3) is 0.222. The number of oxime groups is 1. The molecule has 5 nitrogen and oxygen atoms in total. The van der Waals surface area contributed by atoms with Crippen LogP contribution in [0.1, 0.15) is 29.3 Å². The van der Waals surface area contributed by atoms with Gasteiger partial charge in [-0.25, -0.2) is 9.18 Å². The number of carbonyl (C=O) groups excluding carboxylic acids is 1. The second-order valence-corrected chi connectivity index (χ2v) is 5.42. The van der Waals surface area contributed by atoms with Gasteiger partial charge in [0, 0.05) is 18.1 Å². The van der Waals surface area contributed by atoms with Crippen LogP contribution in [0.4, 0.5) is 4.39 Å². The number of carbonyl (C=O) groups is 1. The van der Waals surface area contributed by atoms with Crippen LogP contribution in [0.2, 0.25) is 0 Å². The predicted octanol–water partition coefficient (Wildman–Crippen LogP) is 3.57. The molecule has 0 unspecified atom stereocenters. The molecule has 6 heteroatoms. The van der Waals surface area contributed by atoms with Crippen LogP contribution in [0.15, 0.2) is 47.6 Å². The Labute approximate surface area is 138 Å². The van der Waals surface area contributed by atoms with E-state index in [4.69, 9.17) is 14.3 Å². The van der Waals surface area contributed by atoms with E-state index in [0.717, 1.165) is 5.56 Å². The van der Waals surface area contributed by atoms with Gasteiger partial charge in [0.2, 0.25) is 0 Å². The average molecular weight is 329 g/mol. The van der Waals surface area contributed by atoms with Gasteiger partial charge in [-0.2, -0.15) is 0 Å². The molecule has 3 rings (SSSR count). The maximum atomic E-state index is 12.9. The van der Waals surface area contributed by atoms with E-state index in [1.165, 1.54) is 24.3 Å². The average Bonchev–Trinajstić information content (AvgIpc) is 2.59. The van der Waals surface area contributed by atoms with Crippen LogP contribution in [-0.2, 0) is 4.84 Å². The lowest BCUT2D eigenvalue weighted by Gasteiger charge is -2.24. The molecule has 1 aliphatic heterocycles. The number of rotatable bonds is 3. The van der Waals surface area contributed by atoms with Gasteiger partial charge in [0.15, 0.2) is 0 Å². The Kier molecular flexibility index (Phi) is 4.46. The summed E-state index contributed by atoms with van der Waals surface area (Å²) < 4.78 is 23.8. The summed E-state index contributed by atoms with van der Waals surface area (Å²) in [6.45, 7) is 1.90. The summed E-state index contributed by atoms with van der Waals surface area (Å²) in [4.78, 5) is 17.0. The smallest absolute Gasteiger partial charge is 0.365 e. The van der Waals surface area contributed by atoms with Gasteiger partial charge in [-0.05, 0) is 43.3 Å². The first-order chi connectivity index (χ1) is 11.6. The summed E-state index contributed by atoms with van der Waals surface area (Å²) in [6, 6.07) is 10.5. The van der Waals surface area contributed by atoms with Crippen molar-refractivity contribution in [3.05, 3.63) is 59.4 Å². The fourth-order valence-corrected chi connectivity index (χ4v) is 2.43. The molecule has 2 aromatic rings. The van der Waals surface area contributed by atoms with Gasteiger partial charge in [0.25, 0.3) is 0 Å².